The van der Waals surface area contributed by atoms with Crippen LogP contribution in [0, 0.1) is 0 Å². The minimum absolute atomic E-state index is 0.167. The van der Waals surface area contributed by atoms with Crippen molar-refractivity contribution in [1.82, 2.24) is 34.8 Å². The van der Waals surface area contributed by atoms with Gasteiger partial charge in [0.25, 0.3) is 5.88 Å². The van der Waals surface area contributed by atoms with Crippen molar-refractivity contribution in [2.24, 2.45) is 0 Å². The normalized spacial score (nSPS) is 20.2. The van der Waals surface area contributed by atoms with Crippen LogP contribution in [0.25, 0.3) is 16.9 Å². The van der Waals surface area contributed by atoms with E-state index >= 15 is 0 Å². The second-order valence-corrected chi connectivity index (χ2v) is 8.88. The van der Waals surface area contributed by atoms with Gasteiger partial charge in [0.15, 0.2) is 0 Å². The molecule has 4 rings (SSSR count). The zero-order valence-electron chi connectivity index (χ0n) is 20.1. The number of hydrogen-bond donors (Lipinski definition) is 1. The number of rotatable bonds is 4. The molecule has 192 valence electrons. The van der Waals surface area contributed by atoms with Crippen molar-refractivity contribution >= 4 is 23.3 Å². The van der Waals surface area contributed by atoms with Gasteiger partial charge in [-0.05, 0) is 39.2 Å². The summed E-state index contributed by atoms with van der Waals surface area (Å²) in [7, 11) is 0. The molecule has 0 aromatic carbocycles. The summed E-state index contributed by atoms with van der Waals surface area (Å²) in [4.78, 5) is 28.1. The summed E-state index contributed by atoms with van der Waals surface area (Å²) in [5.41, 5.74) is 2.19. The molecular formula is C24H28ClF2N7O2. The second-order valence-electron chi connectivity index (χ2n) is 8.47. The molecule has 36 heavy (non-hydrogen) atoms. The number of hydrogen-bond acceptors (Lipinski definition) is 6. The van der Waals surface area contributed by atoms with E-state index in [9.17, 15) is 13.6 Å². The SMILES string of the molecule is CCN1C(=O)NC(CCC(F)F)C/C=C/CCOc2nc(cn3ncnc23)-c2cc(ncc2Cl)C1C. The van der Waals surface area contributed by atoms with Crippen LogP contribution in [-0.4, -0.2) is 61.1 Å². The van der Waals surface area contributed by atoms with Crippen molar-refractivity contribution in [3.63, 3.8) is 0 Å². The first-order chi connectivity index (χ1) is 17.4. The molecule has 3 aromatic heterocycles. The van der Waals surface area contributed by atoms with Gasteiger partial charge in [-0.15, -0.1) is 0 Å². The Bertz CT molecular complexity index is 1240. The molecule has 4 heterocycles. The lowest BCUT2D eigenvalue weighted by Crippen LogP contribution is -2.46. The maximum atomic E-state index is 13.2. The zero-order valence-corrected chi connectivity index (χ0v) is 20.8. The Kier molecular flexibility index (Phi) is 8.29. The van der Waals surface area contributed by atoms with E-state index in [1.807, 2.05) is 26.0 Å². The van der Waals surface area contributed by atoms with Crippen LogP contribution in [0.15, 0.2) is 36.9 Å². The number of urea groups is 1. The predicted octanol–water partition coefficient (Wildman–Crippen LogP) is 5.07. The van der Waals surface area contributed by atoms with Gasteiger partial charge in [0.2, 0.25) is 12.1 Å². The fourth-order valence-electron chi connectivity index (χ4n) is 4.10. The molecule has 9 nitrogen and oxygen atoms in total. The van der Waals surface area contributed by atoms with Crippen molar-refractivity contribution in [3.8, 4) is 17.1 Å². The van der Waals surface area contributed by atoms with Gasteiger partial charge in [0.05, 0.1) is 35.3 Å². The number of amides is 2. The standard InChI is InChI=1S/C24H28ClF2N7O2/c1-3-33-15(2)19-11-17(18(25)12-28-19)20-13-34-22(29-14-30-34)23(32-20)36-10-6-4-5-7-16(31-24(33)35)8-9-21(26)27/h4-5,11-16,21H,3,6-10H2,1-2H3,(H,31,35)/b5-4+. The molecule has 1 N–H and O–H groups in total. The lowest BCUT2D eigenvalue weighted by molar-refractivity contribution is 0.128. The number of alkyl halides is 2. The Hall–Kier alpha value is -3.34. The maximum absolute atomic E-state index is 13.2. The first kappa shape index (κ1) is 25.7. The molecule has 0 radical (unpaired) electrons. The maximum Gasteiger partial charge on any atom is 0.318 e. The van der Waals surface area contributed by atoms with Crippen LogP contribution >= 0.6 is 11.6 Å². The first-order valence-corrected chi connectivity index (χ1v) is 12.2. The number of halogens is 3. The third-order valence-electron chi connectivity index (χ3n) is 6.05. The Balaban J connectivity index is 1.74. The summed E-state index contributed by atoms with van der Waals surface area (Å²) in [5, 5.41) is 7.52. The molecule has 2 unspecified atom stereocenters. The Labute approximate surface area is 212 Å². The number of ether oxygens (including phenoxy) is 1. The van der Waals surface area contributed by atoms with Gasteiger partial charge >= 0.3 is 6.03 Å². The molecular weight excluding hydrogens is 492 g/mol. The largest absolute Gasteiger partial charge is 0.475 e. The third-order valence-corrected chi connectivity index (χ3v) is 6.35. The summed E-state index contributed by atoms with van der Waals surface area (Å²) in [5.74, 6) is 0.312. The van der Waals surface area contributed by atoms with Crippen molar-refractivity contribution in [3.05, 3.63) is 47.7 Å². The van der Waals surface area contributed by atoms with Gasteiger partial charge in [0, 0.05) is 30.8 Å². The summed E-state index contributed by atoms with van der Waals surface area (Å²) in [6, 6.07) is 0.597. The van der Waals surface area contributed by atoms with Crippen molar-refractivity contribution < 1.29 is 18.3 Å². The lowest BCUT2D eigenvalue weighted by atomic mass is 10.1. The monoisotopic (exact) mass is 519 g/mol. The van der Waals surface area contributed by atoms with Gasteiger partial charge in [-0.25, -0.2) is 28.1 Å². The summed E-state index contributed by atoms with van der Waals surface area (Å²) in [6.07, 6.45) is 6.84. The topological polar surface area (TPSA) is 97.5 Å². The molecule has 3 aromatic rings. The van der Waals surface area contributed by atoms with Gasteiger partial charge in [-0.2, -0.15) is 5.10 Å². The molecule has 2 amide bonds. The van der Waals surface area contributed by atoms with Crippen LogP contribution in [0.5, 0.6) is 5.88 Å². The molecule has 2 atom stereocenters. The average Bonchev–Trinajstić information content (AvgIpc) is 3.33. The van der Waals surface area contributed by atoms with Gasteiger partial charge in [-0.3, -0.25) is 4.98 Å². The summed E-state index contributed by atoms with van der Waals surface area (Å²) >= 11 is 6.50. The number of aromatic nitrogens is 5. The predicted molar refractivity (Wildman–Crippen MR) is 131 cm³/mol. The van der Waals surface area contributed by atoms with Crippen molar-refractivity contribution in [2.75, 3.05) is 13.2 Å². The summed E-state index contributed by atoms with van der Waals surface area (Å²) < 4.78 is 33.3. The fourth-order valence-corrected chi connectivity index (χ4v) is 4.30. The van der Waals surface area contributed by atoms with E-state index in [-0.39, 0.29) is 18.9 Å². The molecule has 0 spiro atoms. The van der Waals surface area contributed by atoms with Crippen molar-refractivity contribution in [2.45, 2.75) is 58.0 Å². The van der Waals surface area contributed by atoms with Gasteiger partial charge in [0.1, 0.15) is 6.33 Å². The average molecular weight is 520 g/mol. The Morgan fingerprint density at radius 1 is 1.31 bits per heavy atom. The highest BCUT2D eigenvalue weighted by molar-refractivity contribution is 6.33. The van der Waals surface area contributed by atoms with Crippen LogP contribution in [-0.2, 0) is 0 Å². The highest BCUT2D eigenvalue weighted by Gasteiger charge is 2.25. The number of nitrogens with one attached hydrogen (secondary N) is 1. The van der Waals surface area contributed by atoms with Crippen LogP contribution in [0.4, 0.5) is 13.6 Å². The molecule has 1 aliphatic heterocycles. The summed E-state index contributed by atoms with van der Waals surface area (Å²) in [6.45, 7) is 4.42. The smallest absolute Gasteiger partial charge is 0.318 e. The van der Waals surface area contributed by atoms with Gasteiger partial charge < -0.3 is 15.0 Å². The van der Waals surface area contributed by atoms with E-state index in [4.69, 9.17) is 16.3 Å². The highest BCUT2D eigenvalue weighted by Crippen LogP contribution is 2.31. The number of carbonyl (C=O) groups is 1. The molecule has 0 fully saturated rings. The molecule has 0 saturated carbocycles. The Morgan fingerprint density at radius 3 is 2.92 bits per heavy atom. The van der Waals surface area contributed by atoms with E-state index in [1.54, 1.807) is 21.7 Å². The quantitative estimate of drug-likeness (QED) is 0.483. The van der Waals surface area contributed by atoms with Crippen molar-refractivity contribution in [1.29, 1.82) is 0 Å². The van der Waals surface area contributed by atoms with E-state index in [0.717, 1.165) is 0 Å². The molecule has 4 bridgehead atoms. The molecule has 0 saturated heterocycles. The minimum Gasteiger partial charge on any atom is -0.475 e. The number of nitrogens with zero attached hydrogens (tertiary/aromatic N) is 6. The van der Waals surface area contributed by atoms with E-state index in [1.165, 1.54) is 12.5 Å². The zero-order chi connectivity index (χ0) is 25.7. The molecule has 12 heteroatoms. The van der Waals surface area contributed by atoms with Crippen LogP contribution < -0.4 is 10.1 Å². The number of pyridine rings is 1. The van der Waals surface area contributed by atoms with Crippen LogP contribution in [0.2, 0.25) is 5.02 Å². The lowest BCUT2D eigenvalue weighted by Gasteiger charge is -2.30. The number of fused-ring (bicyclic) bond motifs is 7. The second kappa shape index (κ2) is 11.6. The molecule has 1 aliphatic rings. The van der Waals surface area contributed by atoms with Crippen LogP contribution in [0.3, 0.4) is 0 Å². The van der Waals surface area contributed by atoms with E-state index in [2.05, 4.69) is 25.4 Å². The van der Waals surface area contributed by atoms with Crippen LogP contribution in [0.1, 0.15) is 51.3 Å². The fraction of sp³-hybridized carbons (Fsp3) is 0.458. The van der Waals surface area contributed by atoms with E-state index in [0.29, 0.717) is 59.5 Å². The van der Waals surface area contributed by atoms with E-state index < -0.39 is 18.5 Å². The van der Waals surface area contributed by atoms with Gasteiger partial charge in [-0.1, -0.05) is 23.8 Å². The minimum atomic E-state index is -2.43. The third kappa shape index (κ3) is 5.89. The Morgan fingerprint density at radius 2 is 2.14 bits per heavy atom. The first-order valence-electron chi connectivity index (χ1n) is 11.9. The number of carbonyl (C=O) groups excluding carboxylic acids is 1. The highest BCUT2D eigenvalue weighted by atomic mass is 35.5. The molecule has 0 aliphatic carbocycles.